The Morgan fingerprint density at radius 3 is 2.22 bits per heavy atom. The first kappa shape index (κ1) is 12.3. The second-order valence-corrected chi connectivity index (χ2v) is 3.74. The van der Waals surface area contributed by atoms with Crippen LogP contribution in [0.25, 0.3) is 11.0 Å². The molecule has 1 heterocycles. The van der Waals surface area contributed by atoms with Gasteiger partial charge in [0.15, 0.2) is 11.5 Å². The number of benzene rings is 1. The van der Waals surface area contributed by atoms with Gasteiger partial charge in [-0.15, -0.1) is 0 Å². The maximum absolute atomic E-state index is 11.4. The molecule has 96 valence electrons. The Kier molecular flexibility index (Phi) is 3.14. The molecule has 5 nitrogen and oxygen atoms in total. The van der Waals surface area contributed by atoms with Crippen LogP contribution < -0.4 is 19.8 Å². The maximum atomic E-state index is 11.4. The first-order chi connectivity index (χ1) is 8.62. The van der Waals surface area contributed by atoms with E-state index < -0.39 is 5.63 Å². The minimum absolute atomic E-state index is 0.412. The lowest BCUT2D eigenvalue weighted by atomic mass is 10.1. The highest BCUT2D eigenvalue weighted by molar-refractivity contribution is 5.90. The molecule has 0 aliphatic heterocycles. The summed E-state index contributed by atoms with van der Waals surface area (Å²) in [5, 5.41) is 0.703. The summed E-state index contributed by atoms with van der Waals surface area (Å²) in [6.45, 7) is 1.85. The van der Waals surface area contributed by atoms with Gasteiger partial charge in [0.25, 0.3) is 0 Å². The van der Waals surface area contributed by atoms with Gasteiger partial charge in [-0.25, -0.2) is 4.79 Å². The Morgan fingerprint density at radius 1 is 1.00 bits per heavy atom. The van der Waals surface area contributed by atoms with E-state index in [2.05, 4.69) is 0 Å². The molecule has 5 heteroatoms. The van der Waals surface area contributed by atoms with E-state index in [0.717, 1.165) is 5.56 Å². The maximum Gasteiger partial charge on any atom is 0.339 e. The lowest BCUT2D eigenvalue weighted by Gasteiger charge is -2.14. The fourth-order valence-electron chi connectivity index (χ4n) is 2.01. The molecule has 0 unspecified atom stereocenters. The highest BCUT2D eigenvalue weighted by Gasteiger charge is 2.17. The molecule has 0 aliphatic carbocycles. The van der Waals surface area contributed by atoms with E-state index in [-0.39, 0.29) is 0 Å². The second kappa shape index (κ2) is 4.60. The molecule has 0 radical (unpaired) electrons. The molecule has 1 aromatic carbocycles. The molecule has 0 fully saturated rings. The van der Waals surface area contributed by atoms with Crippen molar-refractivity contribution in [2.24, 2.45) is 0 Å². The molecule has 0 spiro atoms. The van der Waals surface area contributed by atoms with Crippen LogP contribution in [-0.2, 0) is 0 Å². The van der Waals surface area contributed by atoms with Gasteiger partial charge in [-0.05, 0) is 6.92 Å². The van der Waals surface area contributed by atoms with Crippen molar-refractivity contribution in [3.8, 4) is 17.2 Å². The van der Waals surface area contributed by atoms with Crippen LogP contribution in [0.3, 0.4) is 0 Å². The lowest BCUT2D eigenvalue weighted by Crippen LogP contribution is -2.02. The summed E-state index contributed by atoms with van der Waals surface area (Å²) in [5.41, 5.74) is 0.743. The standard InChI is InChI=1S/C13H14O5/c1-7-12-8(15-2)6-11(14)18-9(12)5-10(16-3)13(7)17-4/h5-6H,1-4H3. The summed E-state index contributed by atoms with van der Waals surface area (Å²) in [4.78, 5) is 11.4. The number of rotatable bonds is 3. The highest BCUT2D eigenvalue weighted by atomic mass is 16.5. The molecule has 2 aromatic rings. The molecule has 0 atom stereocenters. The predicted molar refractivity (Wildman–Crippen MR) is 66.9 cm³/mol. The van der Waals surface area contributed by atoms with E-state index in [1.54, 1.807) is 13.2 Å². The largest absolute Gasteiger partial charge is 0.496 e. The molecule has 2 rings (SSSR count). The smallest absolute Gasteiger partial charge is 0.339 e. The first-order valence-corrected chi connectivity index (χ1v) is 5.35. The molecule has 1 aromatic heterocycles. The molecule has 0 bridgehead atoms. The molecular weight excluding hydrogens is 236 g/mol. The molecule has 0 aliphatic rings. The number of hydrogen-bond donors (Lipinski definition) is 0. The predicted octanol–water partition coefficient (Wildman–Crippen LogP) is 2.13. The van der Waals surface area contributed by atoms with Crippen molar-refractivity contribution in [2.45, 2.75) is 6.92 Å². The van der Waals surface area contributed by atoms with E-state index in [1.165, 1.54) is 20.3 Å². The zero-order valence-electron chi connectivity index (χ0n) is 10.7. The summed E-state index contributed by atoms with van der Waals surface area (Å²) < 4.78 is 20.9. The van der Waals surface area contributed by atoms with Crippen molar-refractivity contribution in [1.29, 1.82) is 0 Å². The molecule has 0 saturated carbocycles. The number of hydrogen-bond acceptors (Lipinski definition) is 5. The van der Waals surface area contributed by atoms with Crippen LogP contribution in [0.2, 0.25) is 0 Å². The number of fused-ring (bicyclic) bond motifs is 1. The van der Waals surface area contributed by atoms with Crippen molar-refractivity contribution in [3.63, 3.8) is 0 Å². The van der Waals surface area contributed by atoms with Crippen LogP contribution in [0.5, 0.6) is 17.2 Å². The normalized spacial score (nSPS) is 10.4. The van der Waals surface area contributed by atoms with Crippen LogP contribution in [0, 0.1) is 6.92 Å². The van der Waals surface area contributed by atoms with Gasteiger partial charge in [-0.2, -0.15) is 0 Å². The second-order valence-electron chi connectivity index (χ2n) is 3.74. The summed E-state index contributed by atoms with van der Waals surface area (Å²) in [6, 6.07) is 2.92. The van der Waals surface area contributed by atoms with E-state index in [9.17, 15) is 4.79 Å². The number of ether oxygens (including phenoxy) is 3. The summed E-state index contributed by atoms with van der Waals surface area (Å²) in [6.07, 6.45) is 0. The van der Waals surface area contributed by atoms with Crippen LogP contribution in [0.1, 0.15) is 5.56 Å². The molecule has 0 N–H and O–H groups in total. The Hall–Kier alpha value is -2.17. The fourth-order valence-corrected chi connectivity index (χ4v) is 2.01. The average Bonchev–Trinajstić information content (AvgIpc) is 2.36. The Balaban J connectivity index is 2.94. The third-order valence-corrected chi connectivity index (χ3v) is 2.80. The third-order valence-electron chi connectivity index (χ3n) is 2.80. The first-order valence-electron chi connectivity index (χ1n) is 5.35. The van der Waals surface area contributed by atoms with E-state index in [1.807, 2.05) is 6.92 Å². The molecule has 0 saturated heterocycles. The molecule has 0 amide bonds. The summed E-state index contributed by atoms with van der Waals surface area (Å²) in [5.74, 6) is 1.57. The van der Waals surface area contributed by atoms with Crippen molar-refractivity contribution in [3.05, 3.63) is 28.1 Å². The van der Waals surface area contributed by atoms with E-state index >= 15 is 0 Å². The Labute approximate surface area is 104 Å². The third kappa shape index (κ3) is 1.77. The van der Waals surface area contributed by atoms with Gasteiger partial charge in [0.1, 0.15) is 11.3 Å². The zero-order chi connectivity index (χ0) is 13.3. The lowest BCUT2D eigenvalue weighted by molar-refractivity contribution is 0.352. The quantitative estimate of drug-likeness (QED) is 0.781. The Bertz CT molecular complexity index is 642. The zero-order valence-corrected chi connectivity index (χ0v) is 10.7. The van der Waals surface area contributed by atoms with Gasteiger partial charge in [0.2, 0.25) is 0 Å². The van der Waals surface area contributed by atoms with Gasteiger partial charge in [0.05, 0.1) is 32.8 Å². The minimum Gasteiger partial charge on any atom is -0.496 e. The van der Waals surface area contributed by atoms with Crippen LogP contribution in [0.15, 0.2) is 21.3 Å². The molecular formula is C13H14O5. The monoisotopic (exact) mass is 250 g/mol. The van der Waals surface area contributed by atoms with Gasteiger partial charge in [-0.3, -0.25) is 0 Å². The van der Waals surface area contributed by atoms with Gasteiger partial charge in [-0.1, -0.05) is 0 Å². The summed E-state index contributed by atoms with van der Waals surface area (Å²) in [7, 11) is 4.59. The minimum atomic E-state index is -0.467. The van der Waals surface area contributed by atoms with Gasteiger partial charge in [0, 0.05) is 11.6 Å². The van der Waals surface area contributed by atoms with E-state index in [4.69, 9.17) is 18.6 Å². The van der Waals surface area contributed by atoms with Crippen molar-refractivity contribution >= 4 is 11.0 Å². The summed E-state index contributed by atoms with van der Waals surface area (Å²) >= 11 is 0. The average molecular weight is 250 g/mol. The van der Waals surface area contributed by atoms with Crippen LogP contribution in [0.4, 0.5) is 0 Å². The van der Waals surface area contributed by atoms with Crippen LogP contribution in [-0.4, -0.2) is 21.3 Å². The van der Waals surface area contributed by atoms with Gasteiger partial charge >= 0.3 is 5.63 Å². The van der Waals surface area contributed by atoms with Crippen LogP contribution >= 0.6 is 0 Å². The highest BCUT2D eigenvalue weighted by Crippen LogP contribution is 2.39. The molecule has 18 heavy (non-hydrogen) atoms. The van der Waals surface area contributed by atoms with Crippen molar-refractivity contribution in [1.82, 2.24) is 0 Å². The topological polar surface area (TPSA) is 57.9 Å². The van der Waals surface area contributed by atoms with Crippen molar-refractivity contribution < 1.29 is 18.6 Å². The van der Waals surface area contributed by atoms with Crippen molar-refractivity contribution in [2.75, 3.05) is 21.3 Å². The van der Waals surface area contributed by atoms with Gasteiger partial charge < -0.3 is 18.6 Å². The SMILES string of the molecule is COc1cc2oc(=O)cc(OC)c2c(C)c1OC. The Morgan fingerprint density at radius 2 is 1.67 bits per heavy atom. The van der Waals surface area contributed by atoms with E-state index in [0.29, 0.717) is 28.2 Å². The number of aryl methyl sites for hydroxylation is 1. The fraction of sp³-hybridized carbons (Fsp3) is 0.308. The number of methoxy groups -OCH3 is 3.